The second-order valence-electron chi connectivity index (χ2n) is 6.37. The molecule has 20 heavy (non-hydrogen) atoms. The van der Waals surface area contributed by atoms with E-state index in [0.717, 1.165) is 23.0 Å². The number of aryl methyl sites for hydroxylation is 1. The number of imidazole rings is 1. The molecule has 1 fully saturated rings. The van der Waals surface area contributed by atoms with E-state index in [2.05, 4.69) is 50.2 Å². The van der Waals surface area contributed by atoms with Gasteiger partial charge in [0, 0.05) is 6.54 Å². The zero-order valence-electron chi connectivity index (χ0n) is 12.8. The number of hydrogen-bond donors (Lipinski definition) is 0. The molecule has 3 rings (SSSR count). The van der Waals surface area contributed by atoms with Crippen LogP contribution in [0.5, 0.6) is 0 Å². The highest BCUT2D eigenvalue weighted by Crippen LogP contribution is 2.36. The molecule has 5 heteroatoms. The summed E-state index contributed by atoms with van der Waals surface area (Å²) < 4.78 is 14.3. The molecular weight excluding hydrogens is 251 g/mol. The summed E-state index contributed by atoms with van der Waals surface area (Å²) in [5.41, 5.74) is 2.56. The van der Waals surface area contributed by atoms with E-state index in [1.54, 1.807) is 0 Å². The van der Waals surface area contributed by atoms with Gasteiger partial charge in [-0.25, -0.2) is 4.98 Å². The molecule has 4 nitrogen and oxygen atoms in total. The molecule has 0 amide bonds. The molecule has 0 radical (unpaired) electrons. The molecule has 0 aliphatic carbocycles. The van der Waals surface area contributed by atoms with Gasteiger partial charge >= 0.3 is 7.12 Å². The van der Waals surface area contributed by atoms with Gasteiger partial charge in [0.25, 0.3) is 0 Å². The number of nitrogens with zero attached hydrogens (tertiary/aromatic N) is 2. The molecule has 0 bridgehead atoms. The second-order valence-corrected chi connectivity index (χ2v) is 6.37. The average molecular weight is 272 g/mol. The summed E-state index contributed by atoms with van der Waals surface area (Å²) in [5.74, 6) is 0. The number of hydrogen-bond acceptors (Lipinski definition) is 3. The van der Waals surface area contributed by atoms with E-state index in [1.807, 2.05) is 18.5 Å². The van der Waals surface area contributed by atoms with Gasteiger partial charge in [-0.3, -0.25) is 0 Å². The number of aromatic nitrogens is 2. The number of rotatable bonds is 2. The van der Waals surface area contributed by atoms with Crippen LogP contribution in [0.4, 0.5) is 0 Å². The van der Waals surface area contributed by atoms with Crippen molar-refractivity contribution in [2.45, 2.75) is 52.4 Å². The first-order chi connectivity index (χ1) is 9.34. The minimum absolute atomic E-state index is 0.308. The fourth-order valence-electron chi connectivity index (χ4n) is 2.45. The summed E-state index contributed by atoms with van der Waals surface area (Å²) in [4.78, 5) is 4.40. The first-order valence-electron chi connectivity index (χ1n) is 7.14. The van der Waals surface area contributed by atoms with Crippen LogP contribution < -0.4 is 5.46 Å². The van der Waals surface area contributed by atoms with Crippen LogP contribution in [0.15, 0.2) is 24.5 Å². The molecule has 0 spiro atoms. The maximum Gasteiger partial charge on any atom is 0.494 e. The van der Waals surface area contributed by atoms with Gasteiger partial charge in [0.2, 0.25) is 0 Å². The molecule has 1 aliphatic heterocycles. The highest BCUT2D eigenvalue weighted by atomic mass is 16.7. The van der Waals surface area contributed by atoms with Crippen LogP contribution in [-0.4, -0.2) is 27.9 Å². The van der Waals surface area contributed by atoms with Crippen LogP contribution in [0.1, 0.15) is 34.6 Å². The fraction of sp³-hybridized carbons (Fsp3) is 0.533. The standard InChI is InChI=1S/C15H21BN2O2/c1-6-18-10-17-12-8-7-11(9-13(12)18)16-19-14(2,3)15(4,5)20-16/h7-10H,6H2,1-5H3. The van der Waals surface area contributed by atoms with Crippen LogP contribution in [-0.2, 0) is 15.9 Å². The van der Waals surface area contributed by atoms with Crippen molar-refractivity contribution in [3.63, 3.8) is 0 Å². The Bertz CT molecular complexity index is 632. The lowest BCUT2D eigenvalue weighted by molar-refractivity contribution is 0.00578. The number of benzene rings is 1. The van der Waals surface area contributed by atoms with Gasteiger partial charge in [-0.05, 0) is 52.2 Å². The average Bonchev–Trinajstić information content (AvgIpc) is 2.87. The Morgan fingerprint density at radius 1 is 1.15 bits per heavy atom. The SMILES string of the molecule is CCn1cnc2ccc(B3OC(C)(C)C(C)(C)O3)cc21. The van der Waals surface area contributed by atoms with E-state index in [0.29, 0.717) is 0 Å². The van der Waals surface area contributed by atoms with Crippen LogP contribution in [0.2, 0.25) is 0 Å². The third kappa shape index (κ3) is 1.96. The lowest BCUT2D eigenvalue weighted by Crippen LogP contribution is -2.41. The third-order valence-corrected chi connectivity index (χ3v) is 4.51. The van der Waals surface area contributed by atoms with Gasteiger partial charge in [0.1, 0.15) is 0 Å². The summed E-state index contributed by atoms with van der Waals surface area (Å²) in [6, 6.07) is 6.19. The molecule has 0 N–H and O–H groups in total. The van der Waals surface area contributed by atoms with E-state index in [-0.39, 0.29) is 18.3 Å². The van der Waals surface area contributed by atoms with Gasteiger partial charge in [0.05, 0.1) is 28.6 Å². The summed E-state index contributed by atoms with van der Waals surface area (Å²) in [7, 11) is -0.315. The minimum Gasteiger partial charge on any atom is -0.399 e. The van der Waals surface area contributed by atoms with E-state index in [9.17, 15) is 0 Å². The Morgan fingerprint density at radius 3 is 2.40 bits per heavy atom. The van der Waals surface area contributed by atoms with Crippen molar-refractivity contribution < 1.29 is 9.31 Å². The number of fused-ring (bicyclic) bond motifs is 1. The Morgan fingerprint density at radius 2 is 1.80 bits per heavy atom. The van der Waals surface area contributed by atoms with Crippen LogP contribution >= 0.6 is 0 Å². The van der Waals surface area contributed by atoms with Crippen LogP contribution in [0.25, 0.3) is 11.0 Å². The van der Waals surface area contributed by atoms with Gasteiger partial charge in [-0.15, -0.1) is 0 Å². The third-order valence-electron chi connectivity index (χ3n) is 4.51. The van der Waals surface area contributed by atoms with E-state index >= 15 is 0 Å². The molecule has 0 unspecified atom stereocenters. The Hall–Kier alpha value is -1.33. The lowest BCUT2D eigenvalue weighted by Gasteiger charge is -2.32. The highest BCUT2D eigenvalue weighted by Gasteiger charge is 2.51. The Balaban J connectivity index is 1.99. The van der Waals surface area contributed by atoms with Crippen molar-refractivity contribution in [2.75, 3.05) is 0 Å². The maximum atomic E-state index is 6.10. The molecule has 1 aromatic heterocycles. The largest absolute Gasteiger partial charge is 0.494 e. The monoisotopic (exact) mass is 272 g/mol. The predicted octanol–water partition coefficient (Wildman–Crippen LogP) is 2.36. The van der Waals surface area contributed by atoms with Gasteiger partial charge < -0.3 is 13.9 Å². The molecule has 2 heterocycles. The molecule has 0 atom stereocenters. The summed E-state index contributed by atoms with van der Waals surface area (Å²) in [6.45, 7) is 11.3. The topological polar surface area (TPSA) is 36.3 Å². The molecule has 1 aliphatic rings. The molecule has 1 aromatic carbocycles. The van der Waals surface area contributed by atoms with E-state index in [1.165, 1.54) is 0 Å². The summed E-state index contributed by atoms with van der Waals surface area (Å²) in [6.07, 6.45) is 1.87. The summed E-state index contributed by atoms with van der Waals surface area (Å²) in [5, 5.41) is 0. The first-order valence-corrected chi connectivity index (χ1v) is 7.14. The second kappa shape index (κ2) is 4.33. The van der Waals surface area contributed by atoms with Gasteiger partial charge in [-0.2, -0.15) is 0 Å². The fourth-order valence-corrected chi connectivity index (χ4v) is 2.45. The van der Waals surface area contributed by atoms with E-state index in [4.69, 9.17) is 9.31 Å². The van der Waals surface area contributed by atoms with Crippen molar-refractivity contribution in [2.24, 2.45) is 0 Å². The van der Waals surface area contributed by atoms with Crippen molar-refractivity contribution in [3.05, 3.63) is 24.5 Å². The van der Waals surface area contributed by atoms with Crippen molar-refractivity contribution in [3.8, 4) is 0 Å². The molecule has 2 aromatic rings. The van der Waals surface area contributed by atoms with Crippen molar-refractivity contribution >= 4 is 23.6 Å². The van der Waals surface area contributed by atoms with Crippen LogP contribution in [0.3, 0.4) is 0 Å². The summed E-state index contributed by atoms with van der Waals surface area (Å²) >= 11 is 0. The zero-order valence-corrected chi connectivity index (χ0v) is 12.8. The van der Waals surface area contributed by atoms with Crippen molar-refractivity contribution in [1.29, 1.82) is 0 Å². The zero-order chi connectivity index (χ0) is 14.5. The maximum absolute atomic E-state index is 6.10. The highest BCUT2D eigenvalue weighted by molar-refractivity contribution is 6.62. The Kier molecular flexibility index (Phi) is 2.96. The Labute approximate surface area is 120 Å². The van der Waals surface area contributed by atoms with Crippen molar-refractivity contribution in [1.82, 2.24) is 9.55 Å². The van der Waals surface area contributed by atoms with Gasteiger partial charge in [0.15, 0.2) is 0 Å². The van der Waals surface area contributed by atoms with Crippen LogP contribution in [0, 0.1) is 0 Å². The van der Waals surface area contributed by atoms with E-state index < -0.39 is 0 Å². The molecule has 1 saturated heterocycles. The molecular formula is C15H21BN2O2. The minimum atomic E-state index is -0.315. The molecule has 0 saturated carbocycles. The molecule has 106 valence electrons. The van der Waals surface area contributed by atoms with Gasteiger partial charge in [-0.1, -0.05) is 6.07 Å². The lowest BCUT2D eigenvalue weighted by atomic mass is 9.79. The smallest absolute Gasteiger partial charge is 0.399 e. The quantitative estimate of drug-likeness (QED) is 0.787. The normalized spacial score (nSPS) is 20.8. The first kappa shape index (κ1) is 13.6. The predicted molar refractivity (Wildman–Crippen MR) is 81.1 cm³/mol.